The second kappa shape index (κ2) is 7.11. The Kier molecular flexibility index (Phi) is 5.19. The Morgan fingerprint density at radius 2 is 1.60 bits per heavy atom. The van der Waals surface area contributed by atoms with Gasteiger partial charge in [-0.25, -0.2) is 4.98 Å². The molecule has 0 aliphatic heterocycles. The summed E-state index contributed by atoms with van der Waals surface area (Å²) >= 11 is 1.75. The van der Waals surface area contributed by atoms with E-state index < -0.39 is 0 Å². The van der Waals surface area contributed by atoms with E-state index in [0.29, 0.717) is 0 Å². The van der Waals surface area contributed by atoms with Gasteiger partial charge in [-0.3, -0.25) is 0 Å². The molecule has 20 heavy (non-hydrogen) atoms. The zero-order chi connectivity index (χ0) is 14.4. The molecule has 0 N–H and O–H groups in total. The fraction of sp³-hybridized carbons (Fsp3) is 0.167. The number of pyridine rings is 1. The zero-order valence-corrected chi connectivity index (χ0v) is 12.9. The molecular weight excluding hydrogens is 262 g/mol. The van der Waals surface area contributed by atoms with E-state index in [1.165, 1.54) is 16.5 Å². The van der Waals surface area contributed by atoms with Crippen LogP contribution in [0.1, 0.15) is 5.56 Å². The predicted molar refractivity (Wildman–Crippen MR) is 91.4 cm³/mol. The lowest BCUT2D eigenvalue weighted by molar-refractivity contribution is 1.38. The Labute approximate surface area is 125 Å². The molecular formula is C18H19NS. The van der Waals surface area contributed by atoms with Crippen LogP contribution in [0.25, 0.3) is 22.2 Å². The smallest absolute Gasteiger partial charge is 0.0709 e. The number of aromatic nitrogens is 1. The average molecular weight is 281 g/mol. The average Bonchev–Trinajstić information content (AvgIpc) is 2.47. The maximum atomic E-state index is 4.69. The van der Waals surface area contributed by atoms with Crippen molar-refractivity contribution >= 4 is 22.7 Å². The van der Waals surface area contributed by atoms with Crippen LogP contribution in [-0.2, 0) is 0 Å². The minimum Gasteiger partial charge on any atom is -0.248 e. The van der Waals surface area contributed by atoms with E-state index in [1.54, 1.807) is 11.8 Å². The molecule has 1 nitrogen and oxygen atoms in total. The summed E-state index contributed by atoms with van der Waals surface area (Å²) in [6, 6.07) is 20.8. The highest BCUT2D eigenvalue weighted by molar-refractivity contribution is 7.97. The van der Waals surface area contributed by atoms with Crippen LogP contribution in [-0.4, -0.2) is 17.5 Å². The number of rotatable bonds is 1. The Balaban J connectivity index is 0.000000452. The number of benzene rings is 2. The third-order valence-corrected chi connectivity index (χ3v) is 2.91. The van der Waals surface area contributed by atoms with Crippen LogP contribution in [0.5, 0.6) is 0 Å². The minimum absolute atomic E-state index is 1.03. The number of aryl methyl sites for hydroxylation is 1. The van der Waals surface area contributed by atoms with Crippen LogP contribution in [0.2, 0.25) is 0 Å². The highest BCUT2D eigenvalue weighted by Crippen LogP contribution is 2.21. The first-order chi connectivity index (χ1) is 9.74. The van der Waals surface area contributed by atoms with Gasteiger partial charge in [-0.1, -0.05) is 48.0 Å². The first kappa shape index (κ1) is 14.6. The van der Waals surface area contributed by atoms with E-state index in [-0.39, 0.29) is 0 Å². The fourth-order valence-corrected chi connectivity index (χ4v) is 2.03. The summed E-state index contributed by atoms with van der Waals surface area (Å²) in [6.07, 6.45) is 4.08. The molecule has 102 valence electrons. The Hall–Kier alpha value is -1.80. The molecule has 0 unspecified atom stereocenters. The van der Waals surface area contributed by atoms with Gasteiger partial charge in [-0.2, -0.15) is 11.8 Å². The molecule has 0 aliphatic rings. The van der Waals surface area contributed by atoms with Crippen molar-refractivity contribution in [3.63, 3.8) is 0 Å². The molecule has 0 saturated carbocycles. The van der Waals surface area contributed by atoms with Crippen molar-refractivity contribution in [2.24, 2.45) is 0 Å². The first-order valence-electron chi connectivity index (χ1n) is 6.57. The topological polar surface area (TPSA) is 12.9 Å². The third kappa shape index (κ3) is 3.61. The van der Waals surface area contributed by atoms with E-state index in [4.69, 9.17) is 0 Å². The summed E-state index contributed by atoms with van der Waals surface area (Å²) in [5, 5.41) is 1.18. The van der Waals surface area contributed by atoms with Crippen LogP contribution < -0.4 is 0 Å². The molecule has 1 aromatic heterocycles. The quantitative estimate of drug-likeness (QED) is 0.609. The van der Waals surface area contributed by atoms with Gasteiger partial charge < -0.3 is 0 Å². The van der Waals surface area contributed by atoms with Gasteiger partial charge in [0.1, 0.15) is 0 Å². The van der Waals surface area contributed by atoms with Gasteiger partial charge in [-0.05, 0) is 37.6 Å². The summed E-state index contributed by atoms with van der Waals surface area (Å²) in [6.45, 7) is 2.10. The van der Waals surface area contributed by atoms with Gasteiger partial charge >= 0.3 is 0 Å². The lowest BCUT2D eigenvalue weighted by Crippen LogP contribution is -1.85. The highest BCUT2D eigenvalue weighted by Gasteiger charge is 2.00. The summed E-state index contributed by atoms with van der Waals surface area (Å²) in [5.41, 5.74) is 4.52. The van der Waals surface area contributed by atoms with E-state index in [0.717, 1.165) is 11.2 Å². The van der Waals surface area contributed by atoms with Gasteiger partial charge in [-0.15, -0.1) is 0 Å². The molecule has 3 aromatic rings. The molecule has 0 saturated heterocycles. The number of hydrogen-bond donors (Lipinski definition) is 0. The highest BCUT2D eigenvalue weighted by atomic mass is 32.2. The van der Waals surface area contributed by atoms with Gasteiger partial charge in [0.25, 0.3) is 0 Å². The lowest BCUT2D eigenvalue weighted by atomic mass is 10.1. The van der Waals surface area contributed by atoms with Crippen molar-refractivity contribution in [1.29, 1.82) is 0 Å². The Morgan fingerprint density at radius 3 is 2.35 bits per heavy atom. The van der Waals surface area contributed by atoms with Crippen molar-refractivity contribution < 1.29 is 0 Å². The van der Waals surface area contributed by atoms with Crippen LogP contribution in [0.3, 0.4) is 0 Å². The largest absolute Gasteiger partial charge is 0.248 e. The molecule has 0 fully saturated rings. The predicted octanol–water partition coefficient (Wildman–Crippen LogP) is 5.19. The zero-order valence-electron chi connectivity index (χ0n) is 12.1. The molecule has 0 aliphatic carbocycles. The van der Waals surface area contributed by atoms with Crippen molar-refractivity contribution in [3.05, 3.63) is 66.2 Å². The van der Waals surface area contributed by atoms with E-state index >= 15 is 0 Å². The third-order valence-electron chi connectivity index (χ3n) is 2.91. The van der Waals surface area contributed by atoms with Crippen LogP contribution in [0.15, 0.2) is 60.7 Å². The molecule has 2 aromatic carbocycles. The van der Waals surface area contributed by atoms with Crippen LogP contribution in [0, 0.1) is 6.92 Å². The molecule has 0 radical (unpaired) electrons. The Bertz CT molecular complexity index is 692. The summed E-state index contributed by atoms with van der Waals surface area (Å²) in [4.78, 5) is 4.69. The summed E-state index contributed by atoms with van der Waals surface area (Å²) < 4.78 is 0. The molecule has 0 amide bonds. The lowest BCUT2D eigenvalue weighted by Gasteiger charge is -2.04. The monoisotopic (exact) mass is 281 g/mol. The van der Waals surface area contributed by atoms with Gasteiger partial charge in [0.2, 0.25) is 0 Å². The molecule has 0 atom stereocenters. The van der Waals surface area contributed by atoms with E-state index in [1.807, 2.05) is 24.6 Å². The fourth-order valence-electron chi connectivity index (χ4n) is 2.03. The standard InChI is InChI=1S/C16H13N.C2H6S/c1-12-5-4-7-14(11-12)16-10-9-13-6-2-3-8-15(13)17-16;1-3-2/h2-11H,1H3;1-2H3. The molecule has 0 spiro atoms. The molecule has 3 rings (SSSR count). The van der Waals surface area contributed by atoms with Crippen molar-refractivity contribution in [1.82, 2.24) is 4.98 Å². The van der Waals surface area contributed by atoms with E-state index in [9.17, 15) is 0 Å². The van der Waals surface area contributed by atoms with Crippen molar-refractivity contribution in [2.75, 3.05) is 12.5 Å². The van der Waals surface area contributed by atoms with Crippen LogP contribution in [0.4, 0.5) is 0 Å². The van der Waals surface area contributed by atoms with Gasteiger partial charge in [0, 0.05) is 10.9 Å². The normalized spacial score (nSPS) is 9.95. The maximum absolute atomic E-state index is 4.69. The van der Waals surface area contributed by atoms with Gasteiger partial charge in [0.15, 0.2) is 0 Å². The number of hydrogen-bond acceptors (Lipinski definition) is 2. The molecule has 2 heteroatoms. The summed E-state index contributed by atoms with van der Waals surface area (Å²) in [5.74, 6) is 0. The summed E-state index contributed by atoms with van der Waals surface area (Å²) in [7, 11) is 0. The number of nitrogens with zero attached hydrogens (tertiary/aromatic N) is 1. The van der Waals surface area contributed by atoms with E-state index in [2.05, 4.69) is 60.4 Å². The van der Waals surface area contributed by atoms with Crippen molar-refractivity contribution in [3.8, 4) is 11.3 Å². The first-order valence-corrected chi connectivity index (χ1v) is 8.21. The van der Waals surface area contributed by atoms with Crippen molar-refractivity contribution in [2.45, 2.75) is 6.92 Å². The second-order valence-electron chi connectivity index (χ2n) is 4.67. The van der Waals surface area contributed by atoms with Crippen LogP contribution >= 0.6 is 11.8 Å². The molecule has 1 heterocycles. The SMILES string of the molecule is CSC.Cc1cccc(-c2ccc3ccccc3n2)c1. The number of para-hydroxylation sites is 1. The second-order valence-corrected chi connectivity index (χ2v) is 5.48. The number of fused-ring (bicyclic) bond motifs is 1. The number of thioether (sulfide) groups is 1. The maximum Gasteiger partial charge on any atom is 0.0709 e. The van der Waals surface area contributed by atoms with Gasteiger partial charge in [0.05, 0.1) is 11.2 Å². The minimum atomic E-state index is 1.03. The molecule has 0 bridgehead atoms. The Morgan fingerprint density at radius 1 is 0.850 bits per heavy atom.